The van der Waals surface area contributed by atoms with Gasteiger partial charge >= 0.3 is 6.03 Å². The van der Waals surface area contributed by atoms with Crippen molar-refractivity contribution >= 4 is 6.03 Å². The van der Waals surface area contributed by atoms with Gasteiger partial charge in [-0.05, 0) is 31.1 Å². The van der Waals surface area contributed by atoms with E-state index >= 15 is 0 Å². The number of hydrogen-bond acceptors (Lipinski definition) is 3. The second kappa shape index (κ2) is 6.67. The van der Waals surface area contributed by atoms with Gasteiger partial charge in [0.1, 0.15) is 11.6 Å². The summed E-state index contributed by atoms with van der Waals surface area (Å²) >= 11 is 0. The van der Waals surface area contributed by atoms with Crippen LogP contribution in [0.4, 0.5) is 4.79 Å². The maximum absolute atomic E-state index is 12.2. The molecule has 2 amide bonds. The Morgan fingerprint density at radius 1 is 1.36 bits per heavy atom. The van der Waals surface area contributed by atoms with Gasteiger partial charge in [0.15, 0.2) is 0 Å². The van der Waals surface area contributed by atoms with Gasteiger partial charge in [-0.25, -0.2) is 14.5 Å². The summed E-state index contributed by atoms with van der Waals surface area (Å²) in [5.74, 6) is 2.26. The van der Waals surface area contributed by atoms with Crippen LogP contribution in [0.1, 0.15) is 52.2 Å². The first-order valence-electron chi connectivity index (χ1n) is 8.18. The fraction of sp³-hybridized carbons (Fsp3) is 0.812. The Balaban J connectivity index is 1.74. The van der Waals surface area contributed by atoms with Gasteiger partial charge in [-0.2, -0.15) is 5.10 Å². The smallest absolute Gasteiger partial charge is 0.317 e. The molecule has 124 valence electrons. The van der Waals surface area contributed by atoms with E-state index in [4.69, 9.17) is 0 Å². The molecule has 0 fully saturated rings. The number of carbonyl (C=O) groups excluding carboxylic acids is 1. The summed E-state index contributed by atoms with van der Waals surface area (Å²) < 4.78 is 1.89. The molecule has 0 saturated heterocycles. The van der Waals surface area contributed by atoms with Crippen LogP contribution in [0.15, 0.2) is 0 Å². The first kappa shape index (κ1) is 16.8. The number of urea groups is 1. The molecule has 0 radical (unpaired) electrons. The van der Waals surface area contributed by atoms with E-state index in [0.29, 0.717) is 24.4 Å². The summed E-state index contributed by atoms with van der Waals surface area (Å²) in [6.45, 7) is 13.6. The highest BCUT2D eigenvalue weighted by molar-refractivity contribution is 5.74. The molecule has 1 aromatic rings. The van der Waals surface area contributed by atoms with E-state index in [9.17, 15) is 4.79 Å². The lowest BCUT2D eigenvalue weighted by atomic mass is 9.84. The Bertz CT molecular complexity index is 517. The molecule has 1 aliphatic rings. The summed E-state index contributed by atoms with van der Waals surface area (Å²) in [4.78, 5) is 18.4. The highest BCUT2D eigenvalue weighted by Gasteiger charge is 2.23. The molecule has 6 nitrogen and oxygen atoms in total. The van der Waals surface area contributed by atoms with Crippen LogP contribution in [0.5, 0.6) is 0 Å². The van der Waals surface area contributed by atoms with Crippen LogP contribution in [0.2, 0.25) is 0 Å². The highest BCUT2D eigenvalue weighted by atomic mass is 16.2. The standard InChI is InChI=1S/C16H29N5O/c1-12(10-16(3,4)5)6-7-17-15(22)20-8-9-21-14(11-20)18-13(2)19-21/h12H,6-11H2,1-5H3,(H,17,22). The number of fused-ring (bicyclic) bond motifs is 1. The zero-order chi connectivity index (χ0) is 16.3. The van der Waals surface area contributed by atoms with Crippen LogP contribution in [0.25, 0.3) is 0 Å². The third-order valence-corrected chi connectivity index (χ3v) is 3.93. The molecule has 0 bridgehead atoms. The molecule has 0 aromatic carbocycles. The topological polar surface area (TPSA) is 63.1 Å². The van der Waals surface area contributed by atoms with Gasteiger partial charge in [0.25, 0.3) is 0 Å². The van der Waals surface area contributed by atoms with Gasteiger partial charge in [0.05, 0.1) is 13.1 Å². The quantitative estimate of drug-likeness (QED) is 0.930. The number of rotatable bonds is 4. The van der Waals surface area contributed by atoms with E-state index in [-0.39, 0.29) is 6.03 Å². The Hall–Kier alpha value is -1.59. The lowest BCUT2D eigenvalue weighted by molar-refractivity contribution is 0.178. The van der Waals surface area contributed by atoms with E-state index < -0.39 is 0 Å². The summed E-state index contributed by atoms with van der Waals surface area (Å²) in [6, 6.07) is 0.00913. The normalized spacial score (nSPS) is 16.3. The molecule has 2 rings (SSSR count). The lowest BCUT2D eigenvalue weighted by Gasteiger charge is -2.27. The van der Waals surface area contributed by atoms with Crippen LogP contribution in [0, 0.1) is 18.3 Å². The molecule has 1 N–H and O–H groups in total. The average molecular weight is 307 g/mol. The molecule has 1 atom stereocenters. The number of amides is 2. The molecule has 0 spiro atoms. The van der Waals surface area contributed by atoms with E-state index in [0.717, 1.165) is 31.2 Å². The monoisotopic (exact) mass is 307 g/mol. The van der Waals surface area contributed by atoms with Gasteiger partial charge in [0, 0.05) is 13.1 Å². The first-order chi connectivity index (χ1) is 10.2. The van der Waals surface area contributed by atoms with E-state index in [1.165, 1.54) is 6.42 Å². The van der Waals surface area contributed by atoms with E-state index in [2.05, 4.69) is 43.1 Å². The molecule has 22 heavy (non-hydrogen) atoms. The molecule has 1 aliphatic heterocycles. The number of nitrogens with one attached hydrogen (secondary N) is 1. The molecule has 1 unspecified atom stereocenters. The first-order valence-corrected chi connectivity index (χ1v) is 8.18. The van der Waals surface area contributed by atoms with Crippen LogP contribution >= 0.6 is 0 Å². The minimum Gasteiger partial charge on any atom is -0.338 e. The minimum atomic E-state index is 0.00913. The molecular weight excluding hydrogens is 278 g/mol. The van der Waals surface area contributed by atoms with Crippen molar-refractivity contribution in [1.82, 2.24) is 25.0 Å². The Labute approximate surface area is 133 Å². The Morgan fingerprint density at radius 3 is 2.77 bits per heavy atom. The fourth-order valence-corrected chi connectivity index (χ4v) is 3.12. The highest BCUT2D eigenvalue weighted by Crippen LogP contribution is 2.25. The van der Waals surface area contributed by atoms with Crippen molar-refractivity contribution in [2.24, 2.45) is 11.3 Å². The number of hydrogen-bond donors (Lipinski definition) is 1. The largest absolute Gasteiger partial charge is 0.338 e. The molecular formula is C16H29N5O. The van der Waals surface area contributed by atoms with Gasteiger partial charge < -0.3 is 10.2 Å². The summed E-state index contributed by atoms with van der Waals surface area (Å²) in [5, 5.41) is 7.35. The summed E-state index contributed by atoms with van der Waals surface area (Å²) in [5.41, 5.74) is 0.345. The average Bonchev–Trinajstić information content (AvgIpc) is 2.75. The lowest BCUT2D eigenvalue weighted by Crippen LogP contribution is -2.44. The number of aromatic nitrogens is 3. The van der Waals surface area contributed by atoms with Crippen molar-refractivity contribution < 1.29 is 4.79 Å². The van der Waals surface area contributed by atoms with Crippen molar-refractivity contribution in [2.45, 2.75) is 60.5 Å². The zero-order valence-electron chi connectivity index (χ0n) is 14.5. The van der Waals surface area contributed by atoms with Gasteiger partial charge in [-0.1, -0.05) is 27.7 Å². The van der Waals surface area contributed by atoms with Crippen molar-refractivity contribution in [3.05, 3.63) is 11.6 Å². The third kappa shape index (κ3) is 4.71. The number of carbonyl (C=O) groups is 1. The van der Waals surface area contributed by atoms with Crippen LogP contribution < -0.4 is 5.32 Å². The molecule has 6 heteroatoms. The molecule has 0 aliphatic carbocycles. The maximum atomic E-state index is 12.2. The van der Waals surface area contributed by atoms with Crippen molar-refractivity contribution in [2.75, 3.05) is 13.1 Å². The predicted octanol–water partition coefficient (Wildman–Crippen LogP) is 2.57. The Morgan fingerprint density at radius 2 is 2.09 bits per heavy atom. The third-order valence-electron chi connectivity index (χ3n) is 3.93. The zero-order valence-corrected chi connectivity index (χ0v) is 14.5. The maximum Gasteiger partial charge on any atom is 0.317 e. The van der Waals surface area contributed by atoms with E-state index in [1.807, 2.05) is 16.5 Å². The van der Waals surface area contributed by atoms with Crippen LogP contribution in [0.3, 0.4) is 0 Å². The van der Waals surface area contributed by atoms with Crippen molar-refractivity contribution in [1.29, 1.82) is 0 Å². The van der Waals surface area contributed by atoms with Crippen molar-refractivity contribution in [3.63, 3.8) is 0 Å². The SMILES string of the molecule is Cc1nc2n(n1)CCN(C(=O)NCCC(C)CC(C)(C)C)C2. The number of aryl methyl sites for hydroxylation is 1. The van der Waals surface area contributed by atoms with Crippen molar-refractivity contribution in [3.8, 4) is 0 Å². The summed E-state index contributed by atoms with van der Waals surface area (Å²) in [6.07, 6.45) is 2.20. The van der Waals surface area contributed by atoms with Crippen LogP contribution in [-0.2, 0) is 13.1 Å². The Kier molecular flexibility index (Phi) is 5.08. The summed E-state index contributed by atoms with van der Waals surface area (Å²) in [7, 11) is 0. The molecule has 0 saturated carbocycles. The molecule has 1 aromatic heterocycles. The second-order valence-corrected chi connectivity index (χ2v) is 7.61. The van der Waals surface area contributed by atoms with E-state index in [1.54, 1.807) is 0 Å². The van der Waals surface area contributed by atoms with Gasteiger partial charge in [-0.3, -0.25) is 0 Å². The second-order valence-electron chi connectivity index (χ2n) is 7.61. The molecule has 2 heterocycles. The van der Waals surface area contributed by atoms with Gasteiger partial charge in [0.2, 0.25) is 0 Å². The fourth-order valence-electron chi connectivity index (χ4n) is 3.12. The van der Waals surface area contributed by atoms with Crippen LogP contribution in [-0.4, -0.2) is 38.8 Å². The minimum absolute atomic E-state index is 0.00913. The number of nitrogens with zero attached hydrogens (tertiary/aromatic N) is 4. The predicted molar refractivity (Wildman–Crippen MR) is 86.4 cm³/mol. The van der Waals surface area contributed by atoms with Gasteiger partial charge in [-0.15, -0.1) is 0 Å².